The molecule has 0 radical (unpaired) electrons. The first kappa shape index (κ1) is 24.1. The van der Waals surface area contributed by atoms with E-state index >= 15 is 0 Å². The molecule has 0 aliphatic rings. The van der Waals surface area contributed by atoms with Crippen molar-refractivity contribution in [3.8, 4) is 0 Å². The third kappa shape index (κ3) is 8.15. The quantitative estimate of drug-likeness (QED) is 0.370. The lowest BCUT2D eigenvalue weighted by atomic mass is 10.2. The highest BCUT2D eigenvalue weighted by Gasteiger charge is 2.11. The van der Waals surface area contributed by atoms with Gasteiger partial charge in [-0.25, -0.2) is 14.8 Å². The predicted molar refractivity (Wildman–Crippen MR) is 132 cm³/mol. The van der Waals surface area contributed by atoms with Gasteiger partial charge in [0.1, 0.15) is 5.01 Å². The molecular weight excluding hydrogens is 456 g/mol. The summed E-state index contributed by atoms with van der Waals surface area (Å²) in [4.78, 5) is 19.6. The van der Waals surface area contributed by atoms with E-state index in [0.717, 1.165) is 22.7 Å². The molecule has 0 atom stereocenters. The van der Waals surface area contributed by atoms with Crippen LogP contribution in [0.2, 0.25) is 0 Å². The number of nitrogens with zero attached hydrogens (tertiary/aromatic N) is 4. The van der Waals surface area contributed by atoms with Crippen LogP contribution < -0.4 is 0 Å². The molecule has 168 valence electrons. The monoisotopic (exact) mass is 478 g/mol. The minimum atomic E-state index is -0.422. The molecule has 7 nitrogen and oxygen atoms in total. The zero-order valence-corrected chi connectivity index (χ0v) is 19.5. The van der Waals surface area contributed by atoms with Gasteiger partial charge in [-0.05, 0) is 53.3 Å². The van der Waals surface area contributed by atoms with Crippen molar-refractivity contribution in [2.45, 2.75) is 13.5 Å². The maximum atomic E-state index is 11.4. The van der Waals surface area contributed by atoms with Crippen LogP contribution in [-0.4, -0.2) is 36.4 Å². The molecule has 0 amide bonds. The molecule has 33 heavy (non-hydrogen) atoms. The number of carbonyl (C=O) groups excluding carboxylic acids is 1. The van der Waals surface area contributed by atoms with Crippen molar-refractivity contribution in [1.82, 2.24) is 18.7 Å². The zero-order chi connectivity index (χ0) is 23.3. The normalized spacial score (nSPS) is 10.8. The molecule has 0 bridgehead atoms. The molecule has 4 aromatic rings. The Morgan fingerprint density at radius 2 is 1.39 bits per heavy atom. The van der Waals surface area contributed by atoms with Crippen LogP contribution in [0.1, 0.15) is 44.5 Å². The SMILES string of the molecule is CCOC(=O)c1nc(/C=C/c2ccccc2)ns1.OCc1nc(/C=C/c2ccccc2)ns1. The van der Waals surface area contributed by atoms with E-state index in [-0.39, 0.29) is 11.6 Å². The fourth-order valence-electron chi connectivity index (χ4n) is 2.45. The summed E-state index contributed by atoms with van der Waals surface area (Å²) in [6.45, 7) is 2.06. The van der Waals surface area contributed by atoms with Crippen molar-refractivity contribution >= 4 is 53.3 Å². The molecule has 9 heteroatoms. The number of rotatable bonds is 7. The van der Waals surface area contributed by atoms with Crippen LogP contribution in [-0.2, 0) is 11.3 Å². The first-order valence-corrected chi connectivity index (χ1v) is 11.6. The molecule has 2 aromatic heterocycles. The molecule has 2 aromatic carbocycles. The van der Waals surface area contributed by atoms with Gasteiger partial charge < -0.3 is 9.84 Å². The highest BCUT2D eigenvalue weighted by atomic mass is 32.1. The number of hydrogen-bond acceptors (Lipinski definition) is 9. The molecular formula is C24H22N4O3S2. The number of aliphatic hydroxyl groups is 1. The third-order valence-corrected chi connectivity index (χ3v) is 5.38. The van der Waals surface area contributed by atoms with Crippen LogP contribution in [0.4, 0.5) is 0 Å². The van der Waals surface area contributed by atoms with Crippen LogP contribution in [0.5, 0.6) is 0 Å². The van der Waals surface area contributed by atoms with Crippen LogP contribution in [0.25, 0.3) is 24.3 Å². The van der Waals surface area contributed by atoms with Crippen LogP contribution in [0.3, 0.4) is 0 Å². The first-order valence-electron chi connectivity index (χ1n) is 10.1. The van der Waals surface area contributed by atoms with Crippen molar-refractivity contribution < 1.29 is 14.6 Å². The Morgan fingerprint density at radius 3 is 1.91 bits per heavy atom. The molecule has 0 aliphatic heterocycles. The summed E-state index contributed by atoms with van der Waals surface area (Å²) in [7, 11) is 0. The second-order valence-electron chi connectivity index (χ2n) is 6.37. The lowest BCUT2D eigenvalue weighted by molar-refractivity contribution is 0.0526. The fourth-order valence-corrected chi connectivity index (χ4v) is 3.49. The molecule has 0 aliphatic carbocycles. The smallest absolute Gasteiger partial charge is 0.369 e. The molecule has 0 spiro atoms. The summed E-state index contributed by atoms with van der Waals surface area (Å²) in [6, 6.07) is 19.8. The van der Waals surface area contributed by atoms with Gasteiger partial charge in [0.2, 0.25) is 5.01 Å². The van der Waals surface area contributed by atoms with Crippen LogP contribution in [0, 0.1) is 0 Å². The summed E-state index contributed by atoms with van der Waals surface area (Å²) in [6.07, 6.45) is 7.46. The number of benzene rings is 2. The second-order valence-corrected chi connectivity index (χ2v) is 7.96. The Kier molecular flexibility index (Phi) is 9.59. The average Bonchev–Trinajstić information content (AvgIpc) is 3.53. The minimum Gasteiger partial charge on any atom is -0.461 e. The van der Waals surface area contributed by atoms with Crippen molar-refractivity contribution in [1.29, 1.82) is 0 Å². The van der Waals surface area contributed by atoms with E-state index < -0.39 is 5.97 Å². The average molecular weight is 479 g/mol. The summed E-state index contributed by atoms with van der Waals surface area (Å²) in [5, 5.41) is 9.74. The molecule has 0 saturated heterocycles. The Balaban J connectivity index is 0.000000189. The summed E-state index contributed by atoms with van der Waals surface area (Å²) >= 11 is 2.27. The fraction of sp³-hybridized carbons (Fsp3) is 0.125. The largest absolute Gasteiger partial charge is 0.461 e. The number of hydrogen-bond donors (Lipinski definition) is 1. The maximum absolute atomic E-state index is 11.4. The van der Waals surface area contributed by atoms with Crippen LogP contribution in [0.15, 0.2) is 60.7 Å². The maximum Gasteiger partial charge on any atom is 0.369 e. The molecule has 0 unspecified atom stereocenters. The van der Waals surface area contributed by atoms with Gasteiger partial charge >= 0.3 is 5.97 Å². The van der Waals surface area contributed by atoms with E-state index in [1.165, 1.54) is 11.5 Å². The van der Waals surface area contributed by atoms with Gasteiger partial charge in [0.15, 0.2) is 11.6 Å². The molecule has 4 rings (SSSR count). The van der Waals surface area contributed by atoms with Gasteiger partial charge in [-0.1, -0.05) is 72.8 Å². The van der Waals surface area contributed by atoms with Gasteiger partial charge in [0, 0.05) is 0 Å². The van der Waals surface area contributed by atoms with E-state index in [4.69, 9.17) is 9.84 Å². The summed E-state index contributed by atoms with van der Waals surface area (Å²) in [5.41, 5.74) is 2.17. The van der Waals surface area contributed by atoms with E-state index in [1.54, 1.807) is 13.0 Å². The van der Waals surface area contributed by atoms with Crippen molar-refractivity contribution in [2.75, 3.05) is 6.61 Å². The molecule has 0 fully saturated rings. The summed E-state index contributed by atoms with van der Waals surface area (Å²) in [5.74, 6) is 0.745. The lowest BCUT2D eigenvalue weighted by Crippen LogP contribution is -2.03. The van der Waals surface area contributed by atoms with Gasteiger partial charge in [0.05, 0.1) is 13.2 Å². The highest BCUT2D eigenvalue weighted by molar-refractivity contribution is 7.07. The molecule has 2 heterocycles. The first-order chi connectivity index (χ1) is 16.2. The van der Waals surface area contributed by atoms with Crippen molar-refractivity contribution in [3.63, 3.8) is 0 Å². The Morgan fingerprint density at radius 1 is 0.848 bits per heavy atom. The van der Waals surface area contributed by atoms with E-state index in [9.17, 15) is 4.79 Å². The standard InChI is InChI=1S/C13H12N2O2S.C11H10N2OS/c1-2-17-13(16)12-14-11(15-18-12)9-8-10-6-4-3-5-7-10;14-8-11-12-10(13-15-11)7-6-9-4-2-1-3-5-9/h3-9H,2H2,1H3;1-7,14H,8H2/b9-8+;7-6+. The Hall–Kier alpha value is -3.53. The molecule has 0 saturated carbocycles. The van der Waals surface area contributed by atoms with Gasteiger partial charge in [-0.3, -0.25) is 0 Å². The number of ether oxygens (including phenoxy) is 1. The van der Waals surface area contributed by atoms with Gasteiger partial charge in [-0.15, -0.1) is 0 Å². The number of carbonyl (C=O) groups is 1. The third-order valence-electron chi connectivity index (χ3n) is 3.96. The van der Waals surface area contributed by atoms with Crippen LogP contribution >= 0.6 is 23.1 Å². The van der Waals surface area contributed by atoms with E-state index in [1.807, 2.05) is 78.9 Å². The predicted octanol–water partition coefficient (Wildman–Crippen LogP) is 5.09. The minimum absolute atomic E-state index is 0.0448. The Bertz CT molecular complexity index is 1190. The van der Waals surface area contributed by atoms with Gasteiger partial charge in [0.25, 0.3) is 0 Å². The van der Waals surface area contributed by atoms with Gasteiger partial charge in [-0.2, -0.15) is 8.75 Å². The second kappa shape index (κ2) is 13.1. The van der Waals surface area contributed by atoms with E-state index in [2.05, 4.69) is 18.7 Å². The topological polar surface area (TPSA) is 98.1 Å². The lowest BCUT2D eigenvalue weighted by Gasteiger charge is -1.94. The summed E-state index contributed by atoms with van der Waals surface area (Å²) < 4.78 is 13.0. The Labute approximate surface area is 200 Å². The highest BCUT2D eigenvalue weighted by Crippen LogP contribution is 2.10. The zero-order valence-electron chi connectivity index (χ0n) is 17.9. The molecule has 1 N–H and O–H groups in total. The van der Waals surface area contributed by atoms with Crippen molar-refractivity contribution in [3.05, 3.63) is 93.5 Å². The number of esters is 1. The van der Waals surface area contributed by atoms with Crippen molar-refractivity contribution in [2.24, 2.45) is 0 Å². The number of aromatic nitrogens is 4. The van der Waals surface area contributed by atoms with E-state index in [0.29, 0.717) is 23.3 Å². The number of aliphatic hydroxyl groups excluding tert-OH is 1.